The fraction of sp³-hybridized carbons (Fsp3) is 0.111. The first kappa shape index (κ1) is 13.2. The number of hydrogen-bond acceptors (Lipinski definition) is 2. The molecule has 0 atom stereocenters. The Hall–Kier alpha value is -1.77. The maximum absolute atomic E-state index is 5.69. The Balaban J connectivity index is 1.83. The molecule has 0 heterocycles. The summed E-state index contributed by atoms with van der Waals surface area (Å²) >= 11 is 1.86. The molecule has 1 nitrogen and oxygen atoms in total. The van der Waals surface area contributed by atoms with Gasteiger partial charge in [0.05, 0.1) is 0 Å². The van der Waals surface area contributed by atoms with Crippen LogP contribution < -0.4 is 5.73 Å². The number of benzene rings is 3. The Bertz CT molecular complexity index is 716. The van der Waals surface area contributed by atoms with Crippen LogP contribution in [0.5, 0.6) is 0 Å². The van der Waals surface area contributed by atoms with Crippen LogP contribution in [-0.4, -0.2) is 0 Å². The first-order valence-corrected chi connectivity index (χ1v) is 7.74. The molecule has 0 aliphatic heterocycles. The minimum Gasteiger partial charge on any atom is -0.326 e. The van der Waals surface area contributed by atoms with E-state index in [9.17, 15) is 0 Å². The maximum Gasteiger partial charge on any atom is 0.0238 e. The number of rotatable bonds is 4. The third kappa shape index (κ3) is 2.87. The fourth-order valence-corrected chi connectivity index (χ4v) is 3.33. The van der Waals surface area contributed by atoms with E-state index >= 15 is 0 Å². The van der Waals surface area contributed by atoms with Gasteiger partial charge in [0.1, 0.15) is 0 Å². The van der Waals surface area contributed by atoms with Crippen molar-refractivity contribution in [1.29, 1.82) is 0 Å². The number of fused-ring (bicyclic) bond motifs is 1. The molecule has 0 bridgehead atoms. The van der Waals surface area contributed by atoms with Gasteiger partial charge in [0, 0.05) is 17.2 Å². The van der Waals surface area contributed by atoms with E-state index in [1.165, 1.54) is 26.8 Å². The summed E-state index contributed by atoms with van der Waals surface area (Å²) in [5, 5.41) is 2.65. The molecule has 0 aliphatic rings. The largest absolute Gasteiger partial charge is 0.326 e. The lowest BCUT2D eigenvalue weighted by Crippen LogP contribution is -1.95. The van der Waals surface area contributed by atoms with E-state index in [0.29, 0.717) is 6.54 Å². The standard InChI is InChI=1S/C18H17NS/c19-12-14-5-3-9-17(11-14)20-13-16-8-4-7-15-6-1-2-10-18(15)16/h1-11H,12-13,19H2. The normalized spacial score (nSPS) is 10.8. The third-order valence-electron chi connectivity index (χ3n) is 3.41. The highest BCUT2D eigenvalue weighted by molar-refractivity contribution is 7.98. The monoisotopic (exact) mass is 279 g/mol. The molecule has 3 aromatic carbocycles. The molecule has 0 saturated heterocycles. The smallest absolute Gasteiger partial charge is 0.0238 e. The zero-order valence-electron chi connectivity index (χ0n) is 11.3. The topological polar surface area (TPSA) is 26.0 Å². The van der Waals surface area contributed by atoms with E-state index in [2.05, 4.69) is 66.7 Å². The first-order chi connectivity index (χ1) is 9.86. The summed E-state index contributed by atoms with van der Waals surface area (Å²) in [6.45, 7) is 0.600. The van der Waals surface area contributed by atoms with Gasteiger partial charge in [-0.1, -0.05) is 54.6 Å². The second-order valence-corrected chi connectivity index (χ2v) is 5.83. The SMILES string of the molecule is NCc1cccc(SCc2cccc3ccccc23)c1. The highest BCUT2D eigenvalue weighted by Crippen LogP contribution is 2.27. The van der Waals surface area contributed by atoms with Crippen LogP contribution in [0.15, 0.2) is 71.6 Å². The Morgan fingerprint density at radius 1 is 0.850 bits per heavy atom. The molecule has 0 spiro atoms. The van der Waals surface area contributed by atoms with Crippen LogP contribution in [0.1, 0.15) is 11.1 Å². The predicted molar refractivity (Wildman–Crippen MR) is 87.8 cm³/mol. The van der Waals surface area contributed by atoms with Crippen molar-refractivity contribution >= 4 is 22.5 Å². The van der Waals surface area contributed by atoms with Crippen LogP contribution in [0.2, 0.25) is 0 Å². The van der Waals surface area contributed by atoms with Crippen molar-refractivity contribution in [1.82, 2.24) is 0 Å². The van der Waals surface area contributed by atoms with E-state index in [1.807, 2.05) is 11.8 Å². The quantitative estimate of drug-likeness (QED) is 0.707. The fourth-order valence-electron chi connectivity index (χ4n) is 2.34. The maximum atomic E-state index is 5.69. The summed E-state index contributed by atoms with van der Waals surface area (Å²) in [6.07, 6.45) is 0. The lowest BCUT2D eigenvalue weighted by molar-refractivity contribution is 1.06. The predicted octanol–water partition coefficient (Wildman–Crippen LogP) is 4.59. The number of hydrogen-bond donors (Lipinski definition) is 1. The van der Waals surface area contributed by atoms with Gasteiger partial charge in [-0.2, -0.15) is 0 Å². The Labute approximate surface area is 123 Å². The van der Waals surface area contributed by atoms with Gasteiger partial charge >= 0.3 is 0 Å². The lowest BCUT2D eigenvalue weighted by atomic mass is 10.1. The van der Waals surface area contributed by atoms with E-state index in [4.69, 9.17) is 5.73 Å². The van der Waals surface area contributed by atoms with Crippen LogP contribution in [0.25, 0.3) is 10.8 Å². The molecule has 0 radical (unpaired) electrons. The van der Waals surface area contributed by atoms with Crippen molar-refractivity contribution in [3.63, 3.8) is 0 Å². The molecule has 0 aromatic heterocycles. The van der Waals surface area contributed by atoms with E-state index in [1.54, 1.807) is 0 Å². The molecule has 20 heavy (non-hydrogen) atoms. The molecule has 0 amide bonds. The van der Waals surface area contributed by atoms with Gasteiger partial charge in [0.25, 0.3) is 0 Å². The summed E-state index contributed by atoms with van der Waals surface area (Å²) in [4.78, 5) is 1.28. The van der Waals surface area contributed by atoms with Crippen molar-refractivity contribution in [2.75, 3.05) is 0 Å². The first-order valence-electron chi connectivity index (χ1n) is 6.75. The summed E-state index contributed by atoms with van der Waals surface area (Å²) < 4.78 is 0. The van der Waals surface area contributed by atoms with Gasteiger partial charge in [0.2, 0.25) is 0 Å². The lowest BCUT2D eigenvalue weighted by Gasteiger charge is -2.07. The van der Waals surface area contributed by atoms with Crippen molar-refractivity contribution in [3.05, 3.63) is 77.9 Å². The minimum atomic E-state index is 0.600. The molecule has 3 rings (SSSR count). The van der Waals surface area contributed by atoms with Gasteiger partial charge in [-0.3, -0.25) is 0 Å². The van der Waals surface area contributed by atoms with Crippen LogP contribution in [0, 0.1) is 0 Å². The molecule has 2 N–H and O–H groups in total. The summed E-state index contributed by atoms with van der Waals surface area (Å²) in [7, 11) is 0. The van der Waals surface area contributed by atoms with E-state index < -0.39 is 0 Å². The molecule has 0 unspecified atom stereocenters. The molecule has 0 fully saturated rings. The molecule has 0 saturated carbocycles. The van der Waals surface area contributed by atoms with Gasteiger partial charge < -0.3 is 5.73 Å². The van der Waals surface area contributed by atoms with Crippen LogP contribution >= 0.6 is 11.8 Å². The molecule has 3 aromatic rings. The number of thioether (sulfide) groups is 1. The summed E-state index contributed by atoms with van der Waals surface area (Å²) in [6, 6.07) is 23.5. The van der Waals surface area contributed by atoms with Gasteiger partial charge in [-0.25, -0.2) is 0 Å². The summed E-state index contributed by atoms with van der Waals surface area (Å²) in [5.41, 5.74) is 8.26. The van der Waals surface area contributed by atoms with Crippen LogP contribution in [-0.2, 0) is 12.3 Å². The Morgan fingerprint density at radius 3 is 2.55 bits per heavy atom. The van der Waals surface area contributed by atoms with Crippen LogP contribution in [0.3, 0.4) is 0 Å². The van der Waals surface area contributed by atoms with E-state index in [-0.39, 0.29) is 0 Å². The van der Waals surface area contributed by atoms with Crippen molar-refractivity contribution in [3.8, 4) is 0 Å². The van der Waals surface area contributed by atoms with Crippen LogP contribution in [0.4, 0.5) is 0 Å². The summed E-state index contributed by atoms with van der Waals surface area (Å²) in [5.74, 6) is 0.982. The average Bonchev–Trinajstić information content (AvgIpc) is 2.53. The van der Waals surface area contributed by atoms with Crippen molar-refractivity contribution < 1.29 is 0 Å². The molecule has 0 aliphatic carbocycles. The molecule has 100 valence electrons. The number of nitrogens with two attached hydrogens (primary N) is 1. The van der Waals surface area contributed by atoms with Crippen molar-refractivity contribution in [2.24, 2.45) is 5.73 Å². The Kier molecular flexibility index (Phi) is 4.05. The van der Waals surface area contributed by atoms with Gasteiger partial charge in [-0.05, 0) is 34.0 Å². The third-order valence-corrected chi connectivity index (χ3v) is 4.45. The van der Waals surface area contributed by atoms with Crippen molar-refractivity contribution in [2.45, 2.75) is 17.2 Å². The zero-order valence-corrected chi connectivity index (χ0v) is 12.1. The molecular weight excluding hydrogens is 262 g/mol. The highest BCUT2D eigenvalue weighted by Gasteiger charge is 2.02. The van der Waals surface area contributed by atoms with Gasteiger partial charge in [0.15, 0.2) is 0 Å². The van der Waals surface area contributed by atoms with Gasteiger partial charge in [-0.15, -0.1) is 11.8 Å². The second-order valence-electron chi connectivity index (χ2n) is 4.78. The minimum absolute atomic E-state index is 0.600. The average molecular weight is 279 g/mol. The second kappa shape index (κ2) is 6.12. The van der Waals surface area contributed by atoms with E-state index in [0.717, 1.165) is 5.75 Å². The molecule has 2 heteroatoms. The molecular formula is C18H17NS. The highest BCUT2D eigenvalue weighted by atomic mass is 32.2. The zero-order chi connectivity index (χ0) is 13.8. The Morgan fingerprint density at radius 2 is 1.65 bits per heavy atom.